The third-order valence-corrected chi connectivity index (χ3v) is 11.0. The first-order chi connectivity index (χ1) is 10.4. The summed E-state index contributed by atoms with van der Waals surface area (Å²) in [4.78, 5) is 0. The molecule has 4 atom stereocenters. The van der Waals surface area contributed by atoms with Crippen LogP contribution in [0.15, 0.2) is 41.5 Å². The Balaban J connectivity index is 2.31. The van der Waals surface area contributed by atoms with Gasteiger partial charge < -0.3 is 0 Å². The van der Waals surface area contributed by atoms with E-state index >= 15 is 0 Å². The largest absolute Gasteiger partial charge is 0.228 e. The monoisotopic (exact) mass is 332 g/mol. The first kappa shape index (κ1) is 16.8. The molecule has 0 spiro atoms. The van der Waals surface area contributed by atoms with Gasteiger partial charge >= 0.3 is 0 Å². The van der Waals surface area contributed by atoms with Gasteiger partial charge in [-0.3, -0.25) is 0 Å². The van der Waals surface area contributed by atoms with Crippen LogP contribution < -0.4 is 0 Å². The summed E-state index contributed by atoms with van der Waals surface area (Å²) in [5, 5.41) is -0.395. The zero-order valence-corrected chi connectivity index (χ0v) is 16.1. The SMILES string of the molecule is CC1=C(C)[C@]2(C)C(C)[C@@]1(C)S(=O)(=O)[C@H]2C(C)(C)c1ccccc1. The lowest BCUT2D eigenvalue weighted by Crippen LogP contribution is -2.51. The molecular formula is C20H28O2S. The molecule has 23 heavy (non-hydrogen) atoms. The van der Waals surface area contributed by atoms with E-state index in [0.29, 0.717) is 0 Å². The topological polar surface area (TPSA) is 34.1 Å². The van der Waals surface area contributed by atoms with Crippen LogP contribution in [0.3, 0.4) is 0 Å². The zero-order valence-electron chi connectivity index (χ0n) is 15.3. The minimum atomic E-state index is -3.28. The van der Waals surface area contributed by atoms with Crippen molar-refractivity contribution in [3.63, 3.8) is 0 Å². The van der Waals surface area contributed by atoms with Crippen molar-refractivity contribution in [3.8, 4) is 0 Å². The van der Waals surface area contributed by atoms with E-state index in [1.807, 2.05) is 32.0 Å². The smallest absolute Gasteiger partial charge is 0.164 e. The molecule has 1 saturated heterocycles. The maximum Gasteiger partial charge on any atom is 0.164 e. The first-order valence-corrected chi connectivity index (χ1v) is 9.96. The van der Waals surface area contributed by atoms with Gasteiger partial charge in [-0.1, -0.05) is 69.2 Å². The van der Waals surface area contributed by atoms with Gasteiger partial charge in [-0.25, -0.2) is 8.42 Å². The minimum Gasteiger partial charge on any atom is -0.228 e. The van der Waals surface area contributed by atoms with Gasteiger partial charge in [0.1, 0.15) is 0 Å². The fraction of sp³-hybridized carbons (Fsp3) is 0.600. The standard InChI is InChI=1S/C20H28O2S/c1-13-14(2)20(7)15(3)19(13,6)17(23(20,21)22)18(4,5)16-11-9-8-10-12-16/h8-12,15,17H,1-7H3/t15?,17-,19+,20-/m0/s1. The average Bonchev–Trinajstić information content (AvgIpc) is 2.70. The summed E-state index contributed by atoms with van der Waals surface area (Å²) in [5.74, 6) is 0.105. The molecule has 2 bridgehead atoms. The van der Waals surface area contributed by atoms with Gasteiger partial charge in [0.05, 0.1) is 10.00 Å². The molecule has 1 fully saturated rings. The molecule has 0 amide bonds. The second kappa shape index (κ2) is 4.50. The molecule has 2 aliphatic rings. The van der Waals surface area contributed by atoms with Gasteiger partial charge in [0.2, 0.25) is 0 Å². The summed E-state index contributed by atoms with van der Waals surface area (Å²) in [6, 6.07) is 10.1. The number of fused-ring (bicyclic) bond motifs is 2. The maximum absolute atomic E-state index is 13.6. The van der Waals surface area contributed by atoms with Crippen molar-refractivity contribution >= 4 is 9.84 Å². The van der Waals surface area contributed by atoms with Gasteiger partial charge in [-0.05, 0) is 32.3 Å². The molecule has 1 heterocycles. The highest BCUT2D eigenvalue weighted by atomic mass is 32.2. The molecule has 1 aliphatic heterocycles. The van der Waals surface area contributed by atoms with Crippen LogP contribution in [0.5, 0.6) is 0 Å². The fourth-order valence-corrected chi connectivity index (χ4v) is 9.35. The van der Waals surface area contributed by atoms with Crippen molar-refractivity contribution in [2.45, 2.75) is 63.9 Å². The Kier molecular flexibility index (Phi) is 3.28. The molecule has 0 saturated carbocycles. The van der Waals surface area contributed by atoms with Crippen LogP contribution in [0.4, 0.5) is 0 Å². The van der Waals surface area contributed by atoms with E-state index in [1.54, 1.807) is 0 Å². The van der Waals surface area contributed by atoms with E-state index in [9.17, 15) is 8.42 Å². The van der Waals surface area contributed by atoms with Crippen molar-refractivity contribution in [1.29, 1.82) is 0 Å². The van der Waals surface area contributed by atoms with E-state index in [0.717, 1.165) is 11.1 Å². The fourth-order valence-electron chi connectivity index (χ4n) is 5.61. The summed E-state index contributed by atoms with van der Waals surface area (Å²) in [7, 11) is -3.28. The Hall–Kier alpha value is -1.09. The molecule has 0 aromatic heterocycles. The number of hydrogen-bond donors (Lipinski definition) is 0. The second-order valence-electron chi connectivity index (χ2n) is 8.37. The normalized spacial score (nSPS) is 39.1. The second-order valence-corrected chi connectivity index (χ2v) is 10.8. The van der Waals surface area contributed by atoms with Crippen molar-refractivity contribution in [2.24, 2.45) is 11.3 Å². The van der Waals surface area contributed by atoms with Crippen LogP contribution in [0, 0.1) is 11.3 Å². The molecular weight excluding hydrogens is 304 g/mol. The predicted octanol–water partition coefficient (Wildman–Crippen LogP) is 4.51. The van der Waals surface area contributed by atoms with E-state index in [2.05, 4.69) is 46.8 Å². The highest BCUT2D eigenvalue weighted by Gasteiger charge is 2.74. The van der Waals surface area contributed by atoms with Crippen LogP contribution >= 0.6 is 0 Å². The summed E-state index contributed by atoms with van der Waals surface area (Å²) in [5.41, 5.74) is 2.70. The molecule has 0 N–H and O–H groups in total. The van der Waals surface area contributed by atoms with Crippen LogP contribution in [-0.2, 0) is 15.3 Å². The van der Waals surface area contributed by atoms with Crippen LogP contribution in [0.1, 0.15) is 54.0 Å². The minimum absolute atomic E-state index is 0.105. The average molecular weight is 333 g/mol. The lowest BCUT2D eigenvalue weighted by Gasteiger charge is -2.44. The van der Waals surface area contributed by atoms with E-state index < -0.39 is 25.2 Å². The van der Waals surface area contributed by atoms with Crippen molar-refractivity contribution in [1.82, 2.24) is 0 Å². The third-order valence-electron chi connectivity index (χ3n) is 7.46. The van der Waals surface area contributed by atoms with Crippen molar-refractivity contribution < 1.29 is 8.42 Å². The van der Waals surface area contributed by atoms with Crippen molar-refractivity contribution in [3.05, 3.63) is 47.0 Å². The third kappa shape index (κ3) is 1.62. The highest BCUT2D eigenvalue weighted by molar-refractivity contribution is 7.94. The molecule has 0 radical (unpaired) electrons. The molecule has 1 aromatic rings. The number of rotatable bonds is 2. The summed E-state index contributed by atoms with van der Waals surface area (Å²) < 4.78 is 26.5. The van der Waals surface area contributed by atoms with Gasteiger partial charge in [0.25, 0.3) is 0 Å². The Labute approximate surface area is 140 Å². The Morgan fingerprint density at radius 3 is 2.00 bits per heavy atom. The molecule has 2 nitrogen and oxygen atoms in total. The van der Waals surface area contributed by atoms with Gasteiger partial charge in [-0.2, -0.15) is 0 Å². The molecule has 1 unspecified atom stereocenters. The number of hydrogen-bond acceptors (Lipinski definition) is 2. The van der Waals surface area contributed by atoms with Crippen molar-refractivity contribution in [2.75, 3.05) is 0 Å². The van der Waals surface area contributed by atoms with Gasteiger partial charge in [0, 0.05) is 10.8 Å². The summed E-state index contributed by atoms with van der Waals surface area (Å²) in [6.45, 7) is 14.6. The van der Waals surface area contributed by atoms with E-state index in [1.165, 1.54) is 5.57 Å². The maximum atomic E-state index is 13.6. The molecule has 126 valence electrons. The quantitative estimate of drug-likeness (QED) is 0.747. The van der Waals surface area contributed by atoms with E-state index in [-0.39, 0.29) is 11.3 Å². The Morgan fingerprint density at radius 2 is 1.52 bits per heavy atom. The first-order valence-electron chi connectivity index (χ1n) is 8.42. The van der Waals surface area contributed by atoms with Crippen LogP contribution in [-0.4, -0.2) is 18.4 Å². The molecule has 1 aliphatic carbocycles. The summed E-state index contributed by atoms with van der Waals surface area (Å²) >= 11 is 0. The number of benzene rings is 1. The van der Waals surface area contributed by atoms with Gasteiger partial charge in [0.15, 0.2) is 9.84 Å². The Morgan fingerprint density at radius 1 is 1.00 bits per heavy atom. The van der Waals surface area contributed by atoms with Crippen LogP contribution in [0.25, 0.3) is 0 Å². The van der Waals surface area contributed by atoms with Gasteiger partial charge in [-0.15, -0.1) is 0 Å². The lowest BCUT2D eigenvalue weighted by atomic mass is 9.63. The number of sulfone groups is 1. The molecule has 1 aromatic carbocycles. The highest BCUT2D eigenvalue weighted by Crippen LogP contribution is 2.68. The Bertz CT molecular complexity index is 788. The summed E-state index contributed by atoms with van der Waals surface area (Å²) in [6.07, 6.45) is 0. The predicted molar refractivity (Wildman–Crippen MR) is 96.2 cm³/mol. The zero-order chi connectivity index (χ0) is 17.4. The van der Waals surface area contributed by atoms with E-state index in [4.69, 9.17) is 0 Å². The van der Waals surface area contributed by atoms with Crippen LogP contribution in [0.2, 0.25) is 0 Å². The number of allylic oxidation sites excluding steroid dienone is 1. The molecule has 3 rings (SSSR count). The molecule has 3 heteroatoms. The lowest BCUT2D eigenvalue weighted by molar-refractivity contribution is 0.227.